The molecule has 0 fully saturated rings. The number of anilines is 1. The lowest BCUT2D eigenvalue weighted by Crippen LogP contribution is -2.21. The van der Waals surface area contributed by atoms with Crippen molar-refractivity contribution in [3.05, 3.63) is 47.4 Å². The minimum atomic E-state index is -0.973. The Labute approximate surface area is 186 Å². The number of amides is 1. The lowest BCUT2D eigenvalue weighted by atomic mass is 10.1. The molecular formula is C21H20FN5O4S. The van der Waals surface area contributed by atoms with Gasteiger partial charge in [0.15, 0.2) is 28.8 Å². The number of aryl methyl sites for hydroxylation is 1. The van der Waals surface area contributed by atoms with Crippen molar-refractivity contribution in [2.75, 3.05) is 5.32 Å². The van der Waals surface area contributed by atoms with Gasteiger partial charge in [-0.05, 0) is 55.6 Å². The Hall–Kier alpha value is -3.57. The summed E-state index contributed by atoms with van der Waals surface area (Å²) in [7, 11) is 0. The molecule has 0 radical (unpaired) electrons. The van der Waals surface area contributed by atoms with Gasteiger partial charge in [0.2, 0.25) is 0 Å². The zero-order valence-electron chi connectivity index (χ0n) is 17.2. The largest absolute Gasteiger partial charge is 0.504 e. The number of pyridine rings is 1. The molecule has 9 nitrogen and oxygen atoms in total. The SMILES string of the molecule is CC(C)(O)CCn1nc(NC(=O)c2cnsc2)c2cc(-c3cc(O)c(O)c(F)c3)cnc21. The van der Waals surface area contributed by atoms with Crippen LogP contribution in [-0.2, 0) is 6.54 Å². The molecule has 1 amide bonds. The van der Waals surface area contributed by atoms with Crippen molar-refractivity contribution in [2.24, 2.45) is 0 Å². The number of nitrogens with zero attached hydrogens (tertiary/aromatic N) is 4. The third kappa shape index (κ3) is 4.39. The van der Waals surface area contributed by atoms with Crippen molar-refractivity contribution >= 4 is 34.3 Å². The zero-order chi connectivity index (χ0) is 23.0. The van der Waals surface area contributed by atoms with Gasteiger partial charge in [0.05, 0.1) is 22.7 Å². The summed E-state index contributed by atoms with van der Waals surface area (Å²) in [5.74, 6) is -2.56. The number of aliphatic hydroxyl groups is 1. The maximum atomic E-state index is 13.9. The summed E-state index contributed by atoms with van der Waals surface area (Å²) >= 11 is 1.15. The molecule has 0 atom stereocenters. The van der Waals surface area contributed by atoms with Gasteiger partial charge in [-0.3, -0.25) is 4.79 Å². The predicted octanol–water partition coefficient (Wildman–Crippen LogP) is 3.52. The van der Waals surface area contributed by atoms with E-state index in [2.05, 4.69) is 19.8 Å². The molecular weight excluding hydrogens is 437 g/mol. The van der Waals surface area contributed by atoms with Crippen LogP contribution >= 0.6 is 11.5 Å². The second kappa shape index (κ2) is 8.17. The first-order chi connectivity index (χ1) is 15.1. The van der Waals surface area contributed by atoms with Crippen molar-refractivity contribution in [1.82, 2.24) is 19.1 Å². The van der Waals surface area contributed by atoms with Crippen molar-refractivity contribution in [3.8, 4) is 22.6 Å². The van der Waals surface area contributed by atoms with Gasteiger partial charge in [0.1, 0.15) is 0 Å². The molecule has 1 aromatic carbocycles. The highest BCUT2D eigenvalue weighted by atomic mass is 32.1. The molecule has 11 heteroatoms. The molecule has 4 rings (SSSR count). The Morgan fingerprint density at radius 1 is 1.22 bits per heavy atom. The third-order valence-electron chi connectivity index (χ3n) is 4.83. The quantitative estimate of drug-likeness (QED) is 0.326. The summed E-state index contributed by atoms with van der Waals surface area (Å²) in [5.41, 5.74) is 0.645. The minimum absolute atomic E-state index is 0.241. The van der Waals surface area contributed by atoms with Crippen LogP contribution in [0.3, 0.4) is 0 Å². The van der Waals surface area contributed by atoms with Gasteiger partial charge in [0.25, 0.3) is 5.91 Å². The summed E-state index contributed by atoms with van der Waals surface area (Å²) in [6, 6.07) is 3.95. The highest BCUT2D eigenvalue weighted by Gasteiger charge is 2.20. The topological polar surface area (TPSA) is 133 Å². The number of carbonyl (C=O) groups excluding carboxylic acids is 1. The second-order valence-corrected chi connectivity index (χ2v) is 8.58. The first-order valence-electron chi connectivity index (χ1n) is 9.64. The average molecular weight is 457 g/mol. The van der Waals surface area contributed by atoms with Crippen molar-refractivity contribution < 1.29 is 24.5 Å². The van der Waals surface area contributed by atoms with Crippen LogP contribution in [-0.4, -0.2) is 46.0 Å². The fourth-order valence-corrected chi connectivity index (χ4v) is 3.61. The molecule has 166 valence electrons. The average Bonchev–Trinajstić information content (AvgIpc) is 3.38. The number of nitrogens with one attached hydrogen (secondary N) is 1. The molecule has 0 saturated carbocycles. The van der Waals surface area contributed by atoms with Gasteiger partial charge in [0, 0.05) is 23.7 Å². The van der Waals surface area contributed by atoms with Crippen LogP contribution in [0.5, 0.6) is 11.5 Å². The van der Waals surface area contributed by atoms with E-state index >= 15 is 0 Å². The van der Waals surface area contributed by atoms with Crippen LogP contribution in [0.25, 0.3) is 22.2 Å². The van der Waals surface area contributed by atoms with Crippen LogP contribution in [0.15, 0.2) is 36.0 Å². The number of hydrogen-bond donors (Lipinski definition) is 4. The summed E-state index contributed by atoms with van der Waals surface area (Å²) in [6.07, 6.45) is 3.31. The number of halogens is 1. The Morgan fingerprint density at radius 3 is 2.66 bits per heavy atom. The van der Waals surface area contributed by atoms with Crippen molar-refractivity contribution in [2.45, 2.75) is 32.4 Å². The lowest BCUT2D eigenvalue weighted by molar-refractivity contribution is 0.0654. The Bertz CT molecular complexity index is 1270. The number of phenolic OH excluding ortho intramolecular Hbond substituents is 2. The molecule has 3 aromatic heterocycles. The van der Waals surface area contributed by atoms with E-state index in [1.165, 1.54) is 18.5 Å². The number of aromatic nitrogens is 4. The molecule has 0 aliphatic rings. The molecule has 32 heavy (non-hydrogen) atoms. The Balaban J connectivity index is 1.79. The van der Waals surface area contributed by atoms with E-state index in [1.54, 1.807) is 30.0 Å². The molecule has 3 heterocycles. The first-order valence-corrected chi connectivity index (χ1v) is 10.5. The molecule has 0 spiro atoms. The van der Waals surface area contributed by atoms with Crippen LogP contribution < -0.4 is 5.32 Å². The summed E-state index contributed by atoms with van der Waals surface area (Å²) < 4.78 is 19.4. The monoisotopic (exact) mass is 457 g/mol. The maximum Gasteiger partial charge on any atom is 0.259 e. The van der Waals surface area contributed by atoms with Gasteiger partial charge >= 0.3 is 0 Å². The van der Waals surface area contributed by atoms with E-state index in [4.69, 9.17) is 0 Å². The molecule has 4 N–H and O–H groups in total. The summed E-state index contributed by atoms with van der Waals surface area (Å²) in [4.78, 5) is 17.0. The van der Waals surface area contributed by atoms with E-state index < -0.39 is 28.8 Å². The first kappa shape index (κ1) is 21.7. The molecule has 0 bridgehead atoms. The fraction of sp³-hybridized carbons (Fsp3) is 0.238. The molecule has 0 aliphatic carbocycles. The number of rotatable bonds is 6. The van der Waals surface area contributed by atoms with E-state index in [0.717, 1.165) is 17.6 Å². The van der Waals surface area contributed by atoms with Gasteiger partial charge < -0.3 is 20.6 Å². The number of fused-ring (bicyclic) bond motifs is 1. The van der Waals surface area contributed by atoms with E-state index in [-0.39, 0.29) is 11.4 Å². The maximum absolute atomic E-state index is 13.9. The summed E-state index contributed by atoms with van der Waals surface area (Å²) in [6.45, 7) is 3.71. The standard InChI is InChI=1S/C21H20FN5O4S/c1-21(2,31)3-4-27-19-14(18(26-27)25-20(30)13-9-24-32-10-13)5-12(8-23-19)11-6-15(22)17(29)16(28)7-11/h5-10,28-29,31H,3-4H2,1-2H3,(H,25,26,30). The molecule has 0 aliphatic heterocycles. The highest BCUT2D eigenvalue weighted by molar-refractivity contribution is 7.03. The lowest BCUT2D eigenvalue weighted by Gasteiger charge is -2.16. The van der Waals surface area contributed by atoms with Crippen LogP contribution in [0.4, 0.5) is 10.2 Å². The van der Waals surface area contributed by atoms with E-state index in [1.807, 2.05) is 0 Å². The Kier molecular flexibility index (Phi) is 5.53. The van der Waals surface area contributed by atoms with Gasteiger partial charge in [-0.2, -0.15) is 5.10 Å². The van der Waals surface area contributed by atoms with Crippen LogP contribution in [0.2, 0.25) is 0 Å². The molecule has 4 aromatic rings. The number of aromatic hydroxyl groups is 2. The van der Waals surface area contributed by atoms with E-state index in [0.29, 0.717) is 35.1 Å². The Morgan fingerprint density at radius 2 is 2.00 bits per heavy atom. The predicted molar refractivity (Wildman–Crippen MR) is 117 cm³/mol. The zero-order valence-corrected chi connectivity index (χ0v) is 18.0. The van der Waals surface area contributed by atoms with E-state index in [9.17, 15) is 24.5 Å². The molecule has 0 unspecified atom stereocenters. The molecule has 0 saturated heterocycles. The van der Waals surface area contributed by atoms with Crippen LogP contribution in [0.1, 0.15) is 30.6 Å². The van der Waals surface area contributed by atoms with Gasteiger partial charge in [-0.15, -0.1) is 0 Å². The van der Waals surface area contributed by atoms with Crippen molar-refractivity contribution in [3.63, 3.8) is 0 Å². The van der Waals surface area contributed by atoms with Gasteiger partial charge in [-0.25, -0.2) is 18.4 Å². The highest BCUT2D eigenvalue weighted by Crippen LogP contribution is 2.35. The minimum Gasteiger partial charge on any atom is -0.504 e. The third-order valence-corrected chi connectivity index (χ3v) is 5.41. The van der Waals surface area contributed by atoms with Crippen LogP contribution in [0, 0.1) is 5.82 Å². The number of carbonyl (C=O) groups is 1. The van der Waals surface area contributed by atoms with Crippen molar-refractivity contribution in [1.29, 1.82) is 0 Å². The smallest absolute Gasteiger partial charge is 0.259 e. The summed E-state index contributed by atoms with van der Waals surface area (Å²) in [5, 5.41) is 38.6. The normalized spacial score (nSPS) is 11.8. The van der Waals surface area contributed by atoms with Gasteiger partial charge in [-0.1, -0.05) is 0 Å². The second-order valence-electron chi connectivity index (χ2n) is 7.92. The number of phenols is 2. The number of hydrogen-bond acceptors (Lipinski definition) is 8. The number of benzene rings is 1. The fourth-order valence-electron chi connectivity index (χ4n) is 3.09.